The van der Waals surface area contributed by atoms with Gasteiger partial charge in [-0.3, -0.25) is 4.79 Å². The number of rotatable bonds is 6. The molecule has 0 radical (unpaired) electrons. The summed E-state index contributed by atoms with van der Waals surface area (Å²) < 4.78 is 1.66. The van der Waals surface area contributed by atoms with Crippen molar-refractivity contribution in [2.24, 2.45) is 5.92 Å². The van der Waals surface area contributed by atoms with Crippen molar-refractivity contribution in [1.29, 1.82) is 0 Å². The van der Waals surface area contributed by atoms with Crippen LogP contribution in [-0.4, -0.2) is 17.1 Å². The van der Waals surface area contributed by atoms with Gasteiger partial charge in [-0.2, -0.15) is 0 Å². The second-order valence-corrected chi connectivity index (χ2v) is 7.63. The number of hydrogen-bond donors (Lipinski definition) is 2. The predicted molar refractivity (Wildman–Crippen MR) is 115 cm³/mol. The van der Waals surface area contributed by atoms with Crippen molar-refractivity contribution in [2.75, 3.05) is 11.9 Å². The molecule has 0 saturated carbocycles. The van der Waals surface area contributed by atoms with E-state index in [-0.39, 0.29) is 11.6 Å². The lowest BCUT2D eigenvalue weighted by atomic mass is 10.1. The monoisotopic (exact) mass is 397 g/mol. The minimum atomic E-state index is -0.297. The fraction of sp³-hybridized carbons (Fsp3) is 0.273. The van der Waals surface area contributed by atoms with Crippen LogP contribution in [0.4, 0.5) is 10.5 Å². The molecule has 0 aliphatic heterocycles. The molecule has 3 aromatic rings. The highest BCUT2D eigenvalue weighted by Gasteiger charge is 2.11. The number of aromatic nitrogens is 1. The van der Waals surface area contributed by atoms with Crippen LogP contribution in [0.5, 0.6) is 0 Å². The molecule has 28 heavy (non-hydrogen) atoms. The first kappa shape index (κ1) is 20.0. The summed E-state index contributed by atoms with van der Waals surface area (Å²) in [5, 5.41) is 7.78. The average molecular weight is 398 g/mol. The van der Waals surface area contributed by atoms with Crippen LogP contribution in [-0.2, 0) is 13.0 Å². The first-order valence-electron chi connectivity index (χ1n) is 9.35. The fourth-order valence-corrected chi connectivity index (χ4v) is 3.24. The number of halogens is 1. The molecule has 3 rings (SSSR count). The Kier molecular flexibility index (Phi) is 6.37. The number of amides is 2. The van der Waals surface area contributed by atoms with Crippen molar-refractivity contribution in [3.63, 3.8) is 0 Å². The van der Waals surface area contributed by atoms with E-state index in [1.54, 1.807) is 16.8 Å². The Morgan fingerprint density at radius 3 is 2.43 bits per heavy atom. The number of urea groups is 1. The smallest absolute Gasteiger partial charge is 0.319 e. The first-order valence-corrected chi connectivity index (χ1v) is 9.73. The predicted octanol–water partition coefficient (Wildman–Crippen LogP) is 4.68. The van der Waals surface area contributed by atoms with Crippen LogP contribution in [0.1, 0.15) is 19.4 Å². The number of carbonyl (C=O) groups excluding carboxylic acids is 1. The molecule has 0 bridgehead atoms. The zero-order chi connectivity index (χ0) is 20.1. The van der Waals surface area contributed by atoms with Gasteiger partial charge in [-0.15, -0.1) is 0 Å². The van der Waals surface area contributed by atoms with Crippen molar-refractivity contribution >= 4 is 34.1 Å². The van der Waals surface area contributed by atoms with Gasteiger partial charge in [0, 0.05) is 35.1 Å². The lowest BCUT2D eigenvalue weighted by molar-refractivity contribution is 0.252. The molecular weight excluding hydrogens is 374 g/mol. The van der Waals surface area contributed by atoms with Gasteiger partial charge in [-0.1, -0.05) is 55.8 Å². The van der Waals surface area contributed by atoms with Gasteiger partial charge in [0.05, 0.1) is 5.69 Å². The highest BCUT2D eigenvalue weighted by atomic mass is 35.5. The molecular formula is C22H24ClN3O2. The van der Waals surface area contributed by atoms with E-state index >= 15 is 0 Å². The topological polar surface area (TPSA) is 63.1 Å². The molecule has 2 aromatic carbocycles. The number of hydrogen-bond acceptors (Lipinski definition) is 2. The van der Waals surface area contributed by atoms with Gasteiger partial charge in [0.1, 0.15) is 0 Å². The summed E-state index contributed by atoms with van der Waals surface area (Å²) in [4.78, 5) is 25.1. The zero-order valence-corrected chi connectivity index (χ0v) is 16.8. The maximum absolute atomic E-state index is 12.7. The fourth-order valence-electron chi connectivity index (χ4n) is 3.11. The Labute approximate surface area is 169 Å². The summed E-state index contributed by atoms with van der Waals surface area (Å²) in [7, 11) is 0. The molecule has 0 aliphatic carbocycles. The summed E-state index contributed by atoms with van der Waals surface area (Å²) in [6, 6.07) is 14.6. The summed E-state index contributed by atoms with van der Waals surface area (Å²) in [6.07, 6.45) is 2.43. The lowest BCUT2D eigenvalue weighted by Gasteiger charge is -2.15. The molecule has 0 fully saturated rings. The number of pyridine rings is 1. The van der Waals surface area contributed by atoms with Crippen LogP contribution in [0.15, 0.2) is 59.5 Å². The Morgan fingerprint density at radius 1 is 1.07 bits per heavy atom. The van der Waals surface area contributed by atoms with Gasteiger partial charge < -0.3 is 15.2 Å². The van der Waals surface area contributed by atoms with Crippen LogP contribution in [0, 0.1) is 5.92 Å². The summed E-state index contributed by atoms with van der Waals surface area (Å²) in [6.45, 7) is 5.20. The van der Waals surface area contributed by atoms with Crippen molar-refractivity contribution in [2.45, 2.75) is 26.8 Å². The van der Waals surface area contributed by atoms with E-state index in [0.717, 1.165) is 10.9 Å². The molecule has 1 heterocycles. The number of anilines is 1. The van der Waals surface area contributed by atoms with E-state index in [1.807, 2.05) is 42.5 Å². The maximum atomic E-state index is 12.7. The minimum absolute atomic E-state index is 0.0435. The van der Waals surface area contributed by atoms with E-state index in [1.165, 1.54) is 0 Å². The van der Waals surface area contributed by atoms with Crippen LogP contribution < -0.4 is 16.2 Å². The molecule has 2 amide bonds. The molecule has 0 aliphatic rings. The third-order valence-electron chi connectivity index (χ3n) is 4.42. The Morgan fingerprint density at radius 2 is 1.75 bits per heavy atom. The SMILES string of the molecule is CC(C)Cn1cc(NC(=O)NCCc2ccc(Cl)cc2)c2ccccc2c1=O. The van der Waals surface area contributed by atoms with Crippen molar-refractivity contribution in [3.8, 4) is 0 Å². The molecule has 146 valence electrons. The summed E-state index contributed by atoms with van der Waals surface area (Å²) >= 11 is 5.89. The molecule has 2 N–H and O–H groups in total. The molecule has 6 heteroatoms. The Bertz CT molecular complexity index is 1030. The second kappa shape index (κ2) is 8.93. The van der Waals surface area contributed by atoms with Crippen LogP contribution in [0.25, 0.3) is 10.8 Å². The van der Waals surface area contributed by atoms with E-state index in [2.05, 4.69) is 24.5 Å². The molecule has 0 saturated heterocycles. The number of benzene rings is 2. The van der Waals surface area contributed by atoms with Crippen molar-refractivity contribution < 1.29 is 4.79 Å². The molecule has 5 nitrogen and oxygen atoms in total. The van der Waals surface area contributed by atoms with E-state index in [4.69, 9.17) is 11.6 Å². The standard InChI is InChI=1S/C22H24ClN3O2/c1-15(2)13-26-14-20(18-5-3-4-6-19(18)21(26)27)25-22(28)24-12-11-16-7-9-17(23)10-8-16/h3-10,14-15H,11-13H2,1-2H3,(H2,24,25,28). The van der Waals surface area contributed by atoms with Crippen LogP contribution >= 0.6 is 11.6 Å². The summed E-state index contributed by atoms with van der Waals surface area (Å²) in [5.41, 5.74) is 1.68. The quantitative estimate of drug-likeness (QED) is 0.634. The normalized spacial score (nSPS) is 11.0. The molecule has 0 atom stereocenters. The maximum Gasteiger partial charge on any atom is 0.319 e. The first-order chi connectivity index (χ1) is 13.4. The van der Waals surface area contributed by atoms with Gasteiger partial charge >= 0.3 is 6.03 Å². The highest BCUT2D eigenvalue weighted by Crippen LogP contribution is 2.20. The van der Waals surface area contributed by atoms with Gasteiger partial charge in [0.25, 0.3) is 5.56 Å². The summed E-state index contributed by atoms with van der Waals surface area (Å²) in [5.74, 6) is 0.319. The number of fused-ring (bicyclic) bond motifs is 1. The number of nitrogens with zero attached hydrogens (tertiary/aromatic N) is 1. The Hall–Kier alpha value is -2.79. The van der Waals surface area contributed by atoms with Crippen molar-refractivity contribution in [3.05, 3.63) is 75.7 Å². The van der Waals surface area contributed by atoms with E-state index in [0.29, 0.717) is 41.5 Å². The van der Waals surface area contributed by atoms with E-state index in [9.17, 15) is 9.59 Å². The Balaban J connectivity index is 1.73. The van der Waals surface area contributed by atoms with Gasteiger partial charge in [-0.25, -0.2) is 4.79 Å². The highest BCUT2D eigenvalue weighted by molar-refractivity contribution is 6.30. The molecule has 0 unspecified atom stereocenters. The van der Waals surface area contributed by atoms with Crippen molar-refractivity contribution in [1.82, 2.24) is 9.88 Å². The van der Waals surface area contributed by atoms with Gasteiger partial charge in [0.2, 0.25) is 0 Å². The number of carbonyl (C=O) groups is 1. The molecule has 0 spiro atoms. The van der Waals surface area contributed by atoms with Gasteiger partial charge in [-0.05, 0) is 36.1 Å². The largest absolute Gasteiger partial charge is 0.338 e. The minimum Gasteiger partial charge on any atom is -0.338 e. The third-order valence-corrected chi connectivity index (χ3v) is 4.67. The molecule has 1 aromatic heterocycles. The average Bonchev–Trinajstić information content (AvgIpc) is 2.67. The second-order valence-electron chi connectivity index (χ2n) is 7.20. The van der Waals surface area contributed by atoms with E-state index < -0.39 is 0 Å². The lowest BCUT2D eigenvalue weighted by Crippen LogP contribution is -2.31. The van der Waals surface area contributed by atoms with Crippen LogP contribution in [0.2, 0.25) is 5.02 Å². The zero-order valence-electron chi connectivity index (χ0n) is 16.0. The van der Waals surface area contributed by atoms with Crippen LogP contribution in [0.3, 0.4) is 0 Å². The number of nitrogens with one attached hydrogen (secondary N) is 2. The third kappa shape index (κ3) is 4.93. The van der Waals surface area contributed by atoms with Gasteiger partial charge in [0.15, 0.2) is 0 Å².